The van der Waals surface area contributed by atoms with Crippen molar-refractivity contribution in [1.82, 2.24) is 0 Å². The summed E-state index contributed by atoms with van der Waals surface area (Å²) in [4.78, 5) is 14.4. The van der Waals surface area contributed by atoms with Crippen LogP contribution >= 0.6 is 0 Å². The number of hydrogen-bond acceptors (Lipinski definition) is 3. The van der Waals surface area contributed by atoms with Gasteiger partial charge < -0.3 is 4.74 Å². The van der Waals surface area contributed by atoms with Crippen LogP contribution in [0.1, 0.15) is 31.2 Å². The van der Waals surface area contributed by atoms with Crippen LogP contribution in [0.4, 0.5) is 4.39 Å². The van der Waals surface area contributed by atoms with Gasteiger partial charge in [-0.15, -0.1) is 0 Å². The van der Waals surface area contributed by atoms with Crippen molar-refractivity contribution in [3.63, 3.8) is 0 Å². The van der Waals surface area contributed by atoms with E-state index in [2.05, 4.69) is 4.99 Å². The third kappa shape index (κ3) is 2.08. The number of halogens is 1. The second-order valence-electron chi connectivity index (χ2n) is 4.29. The van der Waals surface area contributed by atoms with Crippen LogP contribution in [-0.2, 0) is 10.3 Å². The van der Waals surface area contributed by atoms with E-state index in [0.717, 1.165) is 31.2 Å². The zero-order chi connectivity index (χ0) is 12.3. The van der Waals surface area contributed by atoms with Gasteiger partial charge in [0.2, 0.25) is 6.08 Å². The molecular weight excluding hydrogens is 221 g/mol. The van der Waals surface area contributed by atoms with Crippen molar-refractivity contribution in [2.24, 2.45) is 4.99 Å². The Kier molecular flexibility index (Phi) is 3.25. The Morgan fingerprint density at radius 2 is 2.12 bits per heavy atom. The largest absolute Gasteiger partial charge is 0.494 e. The third-order valence-electron chi connectivity index (χ3n) is 3.38. The Balaban J connectivity index is 2.44. The molecule has 2 rings (SSSR count). The summed E-state index contributed by atoms with van der Waals surface area (Å²) in [6.45, 7) is 0. The van der Waals surface area contributed by atoms with E-state index in [-0.39, 0.29) is 5.75 Å². The molecule has 0 amide bonds. The number of nitrogens with zero attached hydrogens (tertiary/aromatic N) is 1. The van der Waals surface area contributed by atoms with Crippen molar-refractivity contribution in [2.75, 3.05) is 7.11 Å². The van der Waals surface area contributed by atoms with Crippen LogP contribution in [0.25, 0.3) is 0 Å². The van der Waals surface area contributed by atoms with E-state index >= 15 is 0 Å². The molecule has 1 aromatic rings. The normalized spacial score (nSPS) is 17.5. The minimum atomic E-state index is -0.575. The van der Waals surface area contributed by atoms with E-state index in [4.69, 9.17) is 4.74 Å². The lowest BCUT2D eigenvalue weighted by atomic mass is 9.89. The third-order valence-corrected chi connectivity index (χ3v) is 3.38. The summed E-state index contributed by atoms with van der Waals surface area (Å²) in [7, 11) is 1.42. The van der Waals surface area contributed by atoms with E-state index in [1.165, 1.54) is 13.2 Å². The lowest BCUT2D eigenvalue weighted by Gasteiger charge is -2.23. The average Bonchev–Trinajstić information content (AvgIpc) is 2.79. The van der Waals surface area contributed by atoms with Crippen LogP contribution in [0.3, 0.4) is 0 Å². The van der Waals surface area contributed by atoms with Gasteiger partial charge in [-0.2, -0.15) is 4.99 Å². The van der Waals surface area contributed by atoms with Gasteiger partial charge in [0.1, 0.15) is 0 Å². The van der Waals surface area contributed by atoms with Gasteiger partial charge in [-0.25, -0.2) is 9.18 Å². The molecule has 0 saturated heterocycles. The molecule has 0 spiro atoms. The molecule has 1 aromatic carbocycles. The Morgan fingerprint density at radius 3 is 2.65 bits per heavy atom. The number of aliphatic imine (C=N–C) groups is 1. The second kappa shape index (κ2) is 4.68. The van der Waals surface area contributed by atoms with Crippen molar-refractivity contribution in [3.05, 3.63) is 29.6 Å². The molecule has 4 heteroatoms. The van der Waals surface area contributed by atoms with Crippen molar-refractivity contribution < 1.29 is 13.9 Å². The first kappa shape index (κ1) is 11.8. The van der Waals surface area contributed by atoms with Gasteiger partial charge in [-0.3, -0.25) is 0 Å². The Bertz CT molecular complexity index is 460. The number of benzene rings is 1. The van der Waals surface area contributed by atoms with E-state index in [1.807, 2.05) is 0 Å². The number of ether oxygens (including phenoxy) is 1. The highest BCUT2D eigenvalue weighted by molar-refractivity contribution is 5.40. The van der Waals surface area contributed by atoms with Gasteiger partial charge in [0.15, 0.2) is 11.6 Å². The molecule has 0 aromatic heterocycles. The highest BCUT2D eigenvalue weighted by atomic mass is 19.1. The summed E-state index contributed by atoms with van der Waals surface area (Å²) in [6.07, 6.45) is 5.16. The van der Waals surface area contributed by atoms with Crippen LogP contribution in [0.2, 0.25) is 0 Å². The minimum Gasteiger partial charge on any atom is -0.494 e. The standard InChI is InChI=1S/C13H14FNO2/c1-17-12-5-4-10(8-11(12)14)13(15-9-16)6-2-3-7-13/h4-5,8H,2-3,6-7H2,1H3. The van der Waals surface area contributed by atoms with Crippen molar-refractivity contribution in [3.8, 4) is 5.75 Å². The van der Waals surface area contributed by atoms with Crippen molar-refractivity contribution in [2.45, 2.75) is 31.2 Å². The van der Waals surface area contributed by atoms with Crippen molar-refractivity contribution in [1.29, 1.82) is 0 Å². The van der Waals surface area contributed by atoms with Gasteiger partial charge in [0.05, 0.1) is 12.6 Å². The molecule has 0 unspecified atom stereocenters. The Labute approximate surface area is 99.3 Å². The maximum Gasteiger partial charge on any atom is 0.235 e. The van der Waals surface area contributed by atoms with E-state index in [9.17, 15) is 9.18 Å². The number of hydrogen-bond donors (Lipinski definition) is 0. The molecule has 0 heterocycles. The summed E-state index contributed by atoms with van der Waals surface area (Å²) >= 11 is 0. The second-order valence-corrected chi connectivity index (χ2v) is 4.29. The molecule has 90 valence electrons. The highest BCUT2D eigenvalue weighted by Gasteiger charge is 2.36. The van der Waals surface area contributed by atoms with Gasteiger partial charge >= 0.3 is 0 Å². The summed E-state index contributed by atoms with van der Waals surface area (Å²) < 4.78 is 18.5. The fraction of sp³-hybridized carbons (Fsp3) is 0.462. The maximum atomic E-state index is 13.6. The Hall–Kier alpha value is -1.67. The lowest BCUT2D eigenvalue weighted by Crippen LogP contribution is -2.19. The molecule has 0 N–H and O–H groups in total. The molecule has 1 saturated carbocycles. The smallest absolute Gasteiger partial charge is 0.235 e. The fourth-order valence-electron chi connectivity index (χ4n) is 2.47. The van der Waals surface area contributed by atoms with E-state index in [0.29, 0.717) is 0 Å². The molecule has 0 radical (unpaired) electrons. The molecule has 17 heavy (non-hydrogen) atoms. The predicted octanol–water partition coefficient (Wildman–Crippen LogP) is 2.94. The number of isocyanates is 1. The first-order chi connectivity index (χ1) is 8.22. The first-order valence-electron chi connectivity index (χ1n) is 5.65. The van der Waals surface area contributed by atoms with Gasteiger partial charge in [0, 0.05) is 0 Å². The molecular formula is C13H14FNO2. The fourth-order valence-corrected chi connectivity index (χ4v) is 2.47. The molecule has 0 bridgehead atoms. The molecule has 3 nitrogen and oxygen atoms in total. The molecule has 0 aliphatic heterocycles. The van der Waals surface area contributed by atoms with E-state index < -0.39 is 11.4 Å². The lowest BCUT2D eigenvalue weighted by molar-refractivity contribution is 0.383. The number of carbonyl (C=O) groups excluding carboxylic acids is 1. The topological polar surface area (TPSA) is 38.7 Å². The zero-order valence-corrected chi connectivity index (χ0v) is 9.70. The first-order valence-corrected chi connectivity index (χ1v) is 5.65. The zero-order valence-electron chi connectivity index (χ0n) is 9.70. The van der Waals surface area contributed by atoms with Gasteiger partial charge in [0.25, 0.3) is 0 Å². The SMILES string of the molecule is COc1ccc(C2(N=C=O)CCCC2)cc1F. The molecule has 1 aliphatic carbocycles. The van der Waals surface area contributed by atoms with Crippen LogP contribution in [0.15, 0.2) is 23.2 Å². The quantitative estimate of drug-likeness (QED) is 0.596. The monoisotopic (exact) mass is 235 g/mol. The Morgan fingerprint density at radius 1 is 1.41 bits per heavy atom. The predicted molar refractivity (Wildman–Crippen MR) is 61.2 cm³/mol. The number of methoxy groups -OCH3 is 1. The maximum absolute atomic E-state index is 13.6. The van der Waals surface area contributed by atoms with E-state index in [1.54, 1.807) is 18.2 Å². The minimum absolute atomic E-state index is 0.206. The van der Waals surface area contributed by atoms with Gasteiger partial charge in [-0.1, -0.05) is 18.9 Å². The van der Waals surface area contributed by atoms with Gasteiger partial charge in [-0.05, 0) is 30.5 Å². The summed E-state index contributed by atoms with van der Waals surface area (Å²) in [5, 5.41) is 0. The highest BCUT2D eigenvalue weighted by Crippen LogP contribution is 2.42. The van der Waals surface area contributed by atoms with Crippen LogP contribution < -0.4 is 4.74 Å². The molecule has 1 fully saturated rings. The molecule has 1 aliphatic rings. The van der Waals surface area contributed by atoms with Crippen LogP contribution in [-0.4, -0.2) is 13.2 Å². The van der Waals surface area contributed by atoms with Crippen molar-refractivity contribution >= 4 is 6.08 Å². The van der Waals surface area contributed by atoms with Crippen LogP contribution in [0, 0.1) is 5.82 Å². The summed E-state index contributed by atoms with van der Waals surface area (Å²) in [5.41, 5.74) is 0.158. The molecule has 0 atom stereocenters. The summed E-state index contributed by atoms with van der Waals surface area (Å²) in [5.74, 6) is -0.214. The number of rotatable bonds is 3. The van der Waals surface area contributed by atoms with Crippen LogP contribution in [0.5, 0.6) is 5.75 Å². The average molecular weight is 235 g/mol. The summed E-state index contributed by atoms with van der Waals surface area (Å²) in [6, 6.07) is 4.75.